The van der Waals surface area contributed by atoms with Crippen LogP contribution in [0, 0.1) is 0 Å². The smallest absolute Gasteiger partial charge is 0.257 e. The normalized spacial score (nSPS) is 17.6. The third-order valence-corrected chi connectivity index (χ3v) is 4.88. The number of aromatic nitrogens is 1. The Morgan fingerprint density at radius 2 is 1.88 bits per heavy atom. The molecule has 0 radical (unpaired) electrons. The number of pyridine rings is 1. The molecule has 0 saturated heterocycles. The SMILES string of the molecule is CSC(C)c1ccc(C(F)(P)C(F)(F)P)nc1. The maximum atomic E-state index is 13.9. The van der Waals surface area contributed by atoms with Crippen LogP contribution >= 0.6 is 30.2 Å². The molecule has 4 unspecified atom stereocenters. The van der Waals surface area contributed by atoms with E-state index in [-0.39, 0.29) is 10.9 Å². The van der Waals surface area contributed by atoms with Crippen molar-refractivity contribution in [2.24, 2.45) is 0 Å². The highest BCUT2D eigenvalue weighted by molar-refractivity contribution is 7.98. The summed E-state index contributed by atoms with van der Waals surface area (Å²) in [5.41, 5.74) is -2.98. The molecule has 0 aliphatic rings. The molecule has 7 heteroatoms. The van der Waals surface area contributed by atoms with E-state index in [0.29, 0.717) is 0 Å². The molecule has 1 rings (SSSR count). The highest BCUT2D eigenvalue weighted by Gasteiger charge is 2.49. The van der Waals surface area contributed by atoms with Gasteiger partial charge in [-0.05, 0) is 24.8 Å². The summed E-state index contributed by atoms with van der Waals surface area (Å²) in [6.07, 6.45) is 3.37. The molecule has 1 nitrogen and oxygen atoms in total. The van der Waals surface area contributed by atoms with Gasteiger partial charge in [0.25, 0.3) is 0 Å². The lowest BCUT2D eigenvalue weighted by atomic mass is 10.1. The van der Waals surface area contributed by atoms with Gasteiger partial charge in [-0.25, -0.2) is 4.39 Å². The summed E-state index contributed by atoms with van der Waals surface area (Å²) >= 11 is 1.61. The van der Waals surface area contributed by atoms with Crippen LogP contribution in [0.5, 0.6) is 0 Å². The number of nitrogens with zero attached hydrogens (tertiary/aromatic N) is 1. The van der Waals surface area contributed by atoms with Crippen molar-refractivity contribution in [3.8, 4) is 0 Å². The van der Waals surface area contributed by atoms with Gasteiger partial charge in [0.2, 0.25) is 5.41 Å². The molecule has 0 aliphatic carbocycles. The van der Waals surface area contributed by atoms with Gasteiger partial charge in [-0.2, -0.15) is 20.5 Å². The summed E-state index contributed by atoms with van der Waals surface area (Å²) in [6.45, 7) is 1.97. The Morgan fingerprint density at radius 1 is 1.29 bits per heavy atom. The van der Waals surface area contributed by atoms with E-state index in [1.54, 1.807) is 17.8 Å². The van der Waals surface area contributed by atoms with E-state index in [1.165, 1.54) is 30.7 Å². The molecular weight excluding hydrogens is 285 g/mol. The monoisotopic (exact) mass is 299 g/mol. The van der Waals surface area contributed by atoms with Crippen LogP contribution in [0.3, 0.4) is 0 Å². The average molecular weight is 299 g/mol. The first-order valence-corrected chi connectivity index (χ1v) is 7.28. The van der Waals surface area contributed by atoms with E-state index < -0.39 is 11.1 Å². The van der Waals surface area contributed by atoms with E-state index in [9.17, 15) is 13.2 Å². The minimum Gasteiger partial charge on any atom is -0.257 e. The average Bonchev–Trinajstić information content (AvgIpc) is 2.26. The minimum atomic E-state index is -3.57. The zero-order chi connectivity index (χ0) is 13.3. The Bertz CT molecular complexity index is 378. The zero-order valence-electron chi connectivity index (χ0n) is 9.45. The van der Waals surface area contributed by atoms with Gasteiger partial charge >= 0.3 is 5.66 Å². The lowest BCUT2D eigenvalue weighted by Crippen LogP contribution is -2.31. The zero-order valence-corrected chi connectivity index (χ0v) is 12.6. The van der Waals surface area contributed by atoms with Crippen LogP contribution in [0.2, 0.25) is 0 Å². The molecule has 1 aromatic heterocycles. The third kappa shape index (κ3) is 3.33. The van der Waals surface area contributed by atoms with Gasteiger partial charge in [0.15, 0.2) is 0 Å². The van der Waals surface area contributed by atoms with Gasteiger partial charge in [-0.1, -0.05) is 24.5 Å². The molecule has 1 aromatic rings. The van der Waals surface area contributed by atoms with E-state index in [4.69, 9.17) is 0 Å². The largest absolute Gasteiger partial charge is 0.301 e. The van der Waals surface area contributed by atoms with Crippen LogP contribution < -0.4 is 0 Å². The first kappa shape index (κ1) is 15.2. The number of alkyl halides is 3. The van der Waals surface area contributed by atoms with Gasteiger partial charge in [0.05, 0.1) is 5.69 Å². The molecule has 0 N–H and O–H groups in total. The number of hydrogen-bond acceptors (Lipinski definition) is 2. The Balaban J connectivity index is 3.03. The lowest BCUT2D eigenvalue weighted by Gasteiger charge is -2.26. The van der Waals surface area contributed by atoms with Crippen molar-refractivity contribution in [3.63, 3.8) is 0 Å². The quantitative estimate of drug-likeness (QED) is 0.780. The molecule has 0 fully saturated rings. The molecule has 17 heavy (non-hydrogen) atoms. The van der Waals surface area contributed by atoms with Crippen LogP contribution in [0.25, 0.3) is 0 Å². The van der Waals surface area contributed by atoms with Crippen molar-refractivity contribution in [1.82, 2.24) is 4.98 Å². The first-order chi connectivity index (χ1) is 7.70. The van der Waals surface area contributed by atoms with Crippen LogP contribution in [0.1, 0.15) is 23.4 Å². The van der Waals surface area contributed by atoms with Crippen LogP contribution in [0.4, 0.5) is 13.2 Å². The topological polar surface area (TPSA) is 12.9 Å². The maximum absolute atomic E-state index is 13.9. The number of halogens is 3. The minimum absolute atomic E-state index is 0.201. The molecular formula is C10H14F3NP2S. The third-order valence-electron chi connectivity index (χ3n) is 2.47. The summed E-state index contributed by atoms with van der Waals surface area (Å²) in [5, 5.41) is -2.66. The fourth-order valence-electron chi connectivity index (χ4n) is 1.17. The van der Waals surface area contributed by atoms with Crippen molar-refractivity contribution < 1.29 is 13.2 Å². The highest BCUT2D eigenvalue weighted by atomic mass is 32.2. The summed E-state index contributed by atoms with van der Waals surface area (Å²) in [6, 6.07) is 2.92. The second kappa shape index (κ2) is 5.42. The number of hydrogen-bond donors (Lipinski definition) is 0. The second-order valence-corrected chi connectivity index (χ2v) is 6.39. The summed E-state index contributed by atoms with van der Waals surface area (Å²) in [5.74, 6) is 0. The van der Waals surface area contributed by atoms with Crippen molar-refractivity contribution in [1.29, 1.82) is 0 Å². The Labute approximate surface area is 108 Å². The van der Waals surface area contributed by atoms with Gasteiger partial charge in [-0.15, -0.1) is 0 Å². The van der Waals surface area contributed by atoms with Crippen molar-refractivity contribution in [2.75, 3.05) is 6.26 Å². The fraction of sp³-hybridized carbons (Fsp3) is 0.500. The van der Waals surface area contributed by atoms with Crippen molar-refractivity contribution >= 4 is 30.2 Å². The molecule has 0 spiro atoms. The molecule has 0 aromatic carbocycles. The van der Waals surface area contributed by atoms with Crippen molar-refractivity contribution in [2.45, 2.75) is 23.2 Å². The standard InChI is InChI=1S/C10H14F3NP2S/c1-6(17-2)7-3-4-8(14-5-7)9(11,15)10(12,13)16/h3-6H,15-16H2,1-2H3. The van der Waals surface area contributed by atoms with Crippen LogP contribution in [0.15, 0.2) is 18.3 Å². The maximum Gasteiger partial charge on any atom is 0.301 e. The number of thioether (sulfide) groups is 1. The van der Waals surface area contributed by atoms with E-state index >= 15 is 0 Å². The Kier molecular flexibility index (Phi) is 4.85. The molecule has 0 amide bonds. The first-order valence-electron chi connectivity index (χ1n) is 4.84. The molecule has 96 valence electrons. The van der Waals surface area contributed by atoms with Gasteiger partial charge in [-0.3, -0.25) is 4.98 Å². The number of rotatable bonds is 4. The molecule has 0 bridgehead atoms. The highest BCUT2D eigenvalue weighted by Crippen LogP contribution is 2.49. The predicted octanol–water partition coefficient (Wildman–Crippen LogP) is 3.97. The summed E-state index contributed by atoms with van der Waals surface area (Å²) < 4.78 is 39.9. The van der Waals surface area contributed by atoms with E-state index in [0.717, 1.165) is 5.56 Å². The second-order valence-electron chi connectivity index (χ2n) is 3.69. The molecule has 0 aliphatic heterocycles. The van der Waals surface area contributed by atoms with Gasteiger partial charge in [0, 0.05) is 11.4 Å². The Hall–Kier alpha value is 0.150. The van der Waals surface area contributed by atoms with E-state index in [2.05, 4.69) is 4.98 Å². The summed E-state index contributed by atoms with van der Waals surface area (Å²) in [7, 11) is 2.72. The van der Waals surface area contributed by atoms with E-state index in [1.807, 2.05) is 13.2 Å². The molecule has 1 heterocycles. The summed E-state index contributed by atoms with van der Waals surface area (Å²) in [4.78, 5) is 3.78. The lowest BCUT2D eigenvalue weighted by molar-refractivity contribution is -0.0136. The fourth-order valence-corrected chi connectivity index (χ4v) is 1.90. The van der Waals surface area contributed by atoms with Crippen molar-refractivity contribution in [3.05, 3.63) is 29.6 Å². The molecule has 4 atom stereocenters. The Morgan fingerprint density at radius 3 is 2.24 bits per heavy atom. The predicted molar refractivity (Wildman–Crippen MR) is 73.3 cm³/mol. The van der Waals surface area contributed by atoms with Crippen LogP contribution in [-0.4, -0.2) is 16.9 Å². The van der Waals surface area contributed by atoms with Gasteiger partial charge < -0.3 is 0 Å². The van der Waals surface area contributed by atoms with Gasteiger partial charge in [0.1, 0.15) is 0 Å². The van der Waals surface area contributed by atoms with Crippen LogP contribution in [-0.2, 0) is 5.41 Å². The molecule has 0 saturated carbocycles.